The lowest BCUT2D eigenvalue weighted by molar-refractivity contribution is 1.17. The molecule has 0 aliphatic rings. The summed E-state index contributed by atoms with van der Waals surface area (Å²) in [5.41, 5.74) is 1.63. The molecule has 1 aromatic carbocycles. The summed E-state index contributed by atoms with van der Waals surface area (Å²) in [4.78, 5) is 18.0. The molecule has 1 heterocycles. The molecule has 4 heteroatoms. The maximum absolute atomic E-state index is 11.4. The average Bonchev–Trinajstić information content (AvgIpc) is 2.12. The van der Waals surface area contributed by atoms with Gasteiger partial charge in [0.1, 0.15) is 0 Å². The van der Waals surface area contributed by atoms with Gasteiger partial charge in [-0.05, 0) is 34.5 Å². The van der Waals surface area contributed by atoms with Crippen LogP contribution >= 0.6 is 15.9 Å². The normalized spacial score (nSPS) is 10.6. The summed E-state index contributed by atoms with van der Waals surface area (Å²) in [5, 5.41) is 0.613. The number of benzene rings is 1. The van der Waals surface area contributed by atoms with Gasteiger partial charge >= 0.3 is 0 Å². The van der Waals surface area contributed by atoms with Crippen LogP contribution in [0.25, 0.3) is 10.9 Å². The fourth-order valence-corrected chi connectivity index (χ4v) is 1.74. The number of hydrogen-bond donors (Lipinski definition) is 1. The first-order valence-corrected chi connectivity index (χ1v) is 4.62. The molecule has 2 rings (SSSR count). The Labute approximate surface area is 82.9 Å². The molecule has 0 bridgehead atoms. The van der Waals surface area contributed by atoms with Gasteiger partial charge in [-0.2, -0.15) is 0 Å². The highest BCUT2D eigenvalue weighted by atomic mass is 79.9. The van der Waals surface area contributed by atoms with Crippen LogP contribution in [0.1, 0.15) is 5.56 Å². The van der Waals surface area contributed by atoms with Gasteiger partial charge in [-0.25, -0.2) is 4.98 Å². The van der Waals surface area contributed by atoms with Crippen molar-refractivity contribution in [3.8, 4) is 0 Å². The van der Waals surface area contributed by atoms with E-state index in [4.69, 9.17) is 0 Å². The van der Waals surface area contributed by atoms with Crippen molar-refractivity contribution in [3.05, 3.63) is 38.9 Å². The first kappa shape index (κ1) is 8.44. The molecule has 1 N–H and O–H groups in total. The minimum absolute atomic E-state index is 0.111. The molecule has 0 unspecified atom stereocenters. The summed E-state index contributed by atoms with van der Waals surface area (Å²) in [6.45, 7) is 1.94. The van der Waals surface area contributed by atoms with Crippen LogP contribution in [0.5, 0.6) is 0 Å². The highest BCUT2D eigenvalue weighted by Gasteiger charge is 2.05. The minimum atomic E-state index is -0.111. The van der Waals surface area contributed by atoms with E-state index in [1.165, 1.54) is 6.33 Å². The van der Waals surface area contributed by atoms with Gasteiger partial charge in [-0.1, -0.05) is 6.07 Å². The van der Waals surface area contributed by atoms with Gasteiger partial charge in [-0.15, -0.1) is 0 Å². The monoisotopic (exact) mass is 238 g/mol. The van der Waals surface area contributed by atoms with Crippen molar-refractivity contribution in [1.29, 1.82) is 0 Å². The zero-order chi connectivity index (χ0) is 9.42. The summed E-state index contributed by atoms with van der Waals surface area (Å²) in [6, 6.07) is 3.77. The summed E-state index contributed by atoms with van der Waals surface area (Å²) >= 11 is 3.37. The van der Waals surface area contributed by atoms with Crippen molar-refractivity contribution < 1.29 is 0 Å². The number of aryl methyl sites for hydroxylation is 1. The average molecular weight is 239 g/mol. The summed E-state index contributed by atoms with van der Waals surface area (Å²) in [7, 11) is 0. The minimum Gasteiger partial charge on any atom is -0.313 e. The molecule has 0 aliphatic heterocycles. The lowest BCUT2D eigenvalue weighted by atomic mass is 10.2. The molecular formula is C9H7BrN2O. The molecule has 0 fully saturated rings. The first-order valence-electron chi connectivity index (χ1n) is 3.82. The highest BCUT2D eigenvalue weighted by Crippen LogP contribution is 2.22. The highest BCUT2D eigenvalue weighted by molar-refractivity contribution is 9.10. The van der Waals surface area contributed by atoms with E-state index in [-0.39, 0.29) is 5.56 Å². The van der Waals surface area contributed by atoms with Crippen LogP contribution in [0.4, 0.5) is 0 Å². The number of nitrogens with zero attached hydrogens (tertiary/aromatic N) is 1. The first-order chi connectivity index (χ1) is 6.20. The van der Waals surface area contributed by atoms with Gasteiger partial charge in [0.05, 0.1) is 17.2 Å². The lowest BCUT2D eigenvalue weighted by Crippen LogP contribution is -2.07. The van der Waals surface area contributed by atoms with E-state index in [1.54, 1.807) is 0 Å². The number of rotatable bonds is 0. The molecule has 0 saturated carbocycles. The van der Waals surface area contributed by atoms with Crippen molar-refractivity contribution in [2.75, 3.05) is 0 Å². The number of H-pyrrole nitrogens is 1. The molecule has 66 valence electrons. The van der Waals surface area contributed by atoms with Gasteiger partial charge < -0.3 is 4.98 Å². The maximum atomic E-state index is 11.4. The Balaban J connectivity index is 3.06. The maximum Gasteiger partial charge on any atom is 0.259 e. The Morgan fingerprint density at radius 1 is 1.46 bits per heavy atom. The lowest BCUT2D eigenvalue weighted by Gasteiger charge is -2.00. The Hall–Kier alpha value is -1.16. The number of hydrogen-bond acceptors (Lipinski definition) is 2. The predicted molar refractivity (Wildman–Crippen MR) is 54.8 cm³/mol. The molecule has 0 amide bonds. The quantitative estimate of drug-likeness (QED) is 0.764. The van der Waals surface area contributed by atoms with Crippen LogP contribution in [-0.2, 0) is 0 Å². The Morgan fingerprint density at radius 2 is 2.23 bits per heavy atom. The molecule has 13 heavy (non-hydrogen) atoms. The second kappa shape index (κ2) is 2.96. The molecule has 0 radical (unpaired) electrons. The molecule has 0 saturated heterocycles. The number of fused-ring (bicyclic) bond motifs is 1. The van der Waals surface area contributed by atoms with Crippen LogP contribution in [0.2, 0.25) is 0 Å². The van der Waals surface area contributed by atoms with Gasteiger partial charge in [0.2, 0.25) is 0 Å². The second-order valence-corrected chi connectivity index (χ2v) is 3.62. The number of nitrogens with one attached hydrogen (secondary N) is 1. The van der Waals surface area contributed by atoms with E-state index >= 15 is 0 Å². The van der Waals surface area contributed by atoms with Crippen molar-refractivity contribution in [2.24, 2.45) is 0 Å². The third kappa shape index (κ3) is 1.27. The largest absolute Gasteiger partial charge is 0.313 e. The van der Waals surface area contributed by atoms with E-state index in [9.17, 15) is 4.79 Å². The van der Waals surface area contributed by atoms with Gasteiger partial charge in [0, 0.05) is 4.47 Å². The summed E-state index contributed by atoms with van der Waals surface area (Å²) in [5.74, 6) is 0. The van der Waals surface area contributed by atoms with Crippen LogP contribution in [-0.4, -0.2) is 9.97 Å². The van der Waals surface area contributed by atoms with Crippen LogP contribution in [0.15, 0.2) is 27.7 Å². The fourth-order valence-electron chi connectivity index (χ4n) is 1.23. The van der Waals surface area contributed by atoms with Gasteiger partial charge in [0.15, 0.2) is 0 Å². The molecule has 2 aromatic rings. The molecule has 3 nitrogen and oxygen atoms in total. The molecule has 0 spiro atoms. The van der Waals surface area contributed by atoms with E-state index in [1.807, 2.05) is 19.1 Å². The van der Waals surface area contributed by atoms with Crippen molar-refractivity contribution in [2.45, 2.75) is 6.92 Å². The van der Waals surface area contributed by atoms with E-state index in [2.05, 4.69) is 25.9 Å². The predicted octanol–water partition coefficient (Wildman–Crippen LogP) is 1.99. The Kier molecular flexibility index (Phi) is 1.92. The second-order valence-electron chi connectivity index (χ2n) is 2.82. The van der Waals surface area contributed by atoms with Gasteiger partial charge in [-0.3, -0.25) is 4.79 Å². The standard InChI is InChI=1S/C9H7BrN2O/c1-5-2-3-6-7(8(5)10)9(13)12-4-11-6/h2-4H,1H3,(H,11,12,13). The fraction of sp³-hybridized carbons (Fsp3) is 0.111. The van der Waals surface area contributed by atoms with Crippen molar-refractivity contribution in [3.63, 3.8) is 0 Å². The third-order valence-electron chi connectivity index (χ3n) is 1.94. The topological polar surface area (TPSA) is 45.8 Å². The summed E-state index contributed by atoms with van der Waals surface area (Å²) < 4.78 is 0.819. The smallest absolute Gasteiger partial charge is 0.259 e. The van der Waals surface area contributed by atoms with Crippen LogP contribution in [0, 0.1) is 6.92 Å². The Bertz CT molecular complexity index is 518. The zero-order valence-electron chi connectivity index (χ0n) is 6.97. The number of aromatic nitrogens is 2. The molecule has 1 aromatic heterocycles. The summed E-state index contributed by atoms with van der Waals surface area (Å²) in [6.07, 6.45) is 1.41. The zero-order valence-corrected chi connectivity index (χ0v) is 8.55. The van der Waals surface area contributed by atoms with Crippen LogP contribution < -0.4 is 5.56 Å². The number of halogens is 1. The third-order valence-corrected chi connectivity index (χ3v) is 2.96. The van der Waals surface area contributed by atoms with E-state index in [0.717, 1.165) is 10.0 Å². The van der Waals surface area contributed by atoms with Crippen molar-refractivity contribution >= 4 is 26.8 Å². The van der Waals surface area contributed by atoms with Gasteiger partial charge in [0.25, 0.3) is 5.56 Å². The molecule has 0 atom stereocenters. The molecule has 0 aliphatic carbocycles. The van der Waals surface area contributed by atoms with E-state index < -0.39 is 0 Å². The van der Waals surface area contributed by atoms with Crippen LogP contribution in [0.3, 0.4) is 0 Å². The SMILES string of the molecule is Cc1ccc2nc[nH]c(=O)c2c1Br. The van der Waals surface area contributed by atoms with E-state index in [0.29, 0.717) is 10.9 Å². The number of aromatic amines is 1. The van der Waals surface area contributed by atoms with Crippen molar-refractivity contribution in [1.82, 2.24) is 9.97 Å². The molecular weight excluding hydrogens is 232 g/mol. The Morgan fingerprint density at radius 3 is 3.00 bits per heavy atom.